The van der Waals surface area contributed by atoms with E-state index in [4.69, 9.17) is 0 Å². The quantitative estimate of drug-likeness (QED) is 0.693. The van der Waals surface area contributed by atoms with Gasteiger partial charge in [-0.25, -0.2) is 0 Å². The van der Waals surface area contributed by atoms with Crippen molar-refractivity contribution in [3.63, 3.8) is 0 Å². The molecule has 0 amide bonds. The highest BCUT2D eigenvalue weighted by Gasteiger charge is 2.09. The zero-order valence-electron chi connectivity index (χ0n) is 9.01. The minimum Gasteiger partial charge on any atom is -0.251 e. The van der Waals surface area contributed by atoms with E-state index < -0.39 is 0 Å². The molecule has 1 aliphatic carbocycles. The molecule has 0 saturated heterocycles. The predicted molar refractivity (Wildman–Crippen MR) is 62.6 cm³/mol. The average molecular weight is 204 g/mol. The van der Waals surface area contributed by atoms with Gasteiger partial charge in [-0.15, -0.1) is 0 Å². The van der Waals surface area contributed by atoms with Crippen LogP contribution in [0.3, 0.4) is 0 Å². The molecule has 0 saturated carbocycles. The molecule has 2 rings (SSSR count). The van der Waals surface area contributed by atoms with Crippen LogP contribution in [-0.4, -0.2) is 6.67 Å². The third kappa shape index (κ3) is 2.47. The van der Waals surface area contributed by atoms with E-state index in [1.165, 1.54) is 30.4 Å². The molecule has 1 aromatic carbocycles. The average Bonchev–Trinajstić information content (AvgIpc) is 2.31. The molecule has 1 heteroatoms. The van der Waals surface area contributed by atoms with E-state index in [-0.39, 0.29) is 6.67 Å². The van der Waals surface area contributed by atoms with Gasteiger partial charge in [0.15, 0.2) is 0 Å². The summed E-state index contributed by atoms with van der Waals surface area (Å²) in [5.74, 6) is 0. The maximum Gasteiger partial charge on any atom is 0.0934 e. The highest BCUT2D eigenvalue weighted by molar-refractivity contribution is 5.68. The summed E-state index contributed by atoms with van der Waals surface area (Å²) in [5, 5.41) is 0. The Hall–Kier alpha value is -1.11. The number of benzene rings is 1. The fourth-order valence-electron chi connectivity index (χ4n) is 2.24. The molecule has 0 N–H and O–H groups in total. The molecule has 0 aromatic heterocycles. The first-order chi connectivity index (χ1) is 7.42. The lowest BCUT2D eigenvalue weighted by Gasteiger charge is -2.15. The Bertz CT molecular complexity index is 352. The van der Waals surface area contributed by atoms with E-state index in [9.17, 15) is 4.39 Å². The standard InChI is InChI=1S/C14H17F/c15-11-10-13-8-4-5-9-14(13)12-6-2-1-3-7-12/h4-6,8-9H,1-3,7,10-11H2. The molecule has 0 radical (unpaired) electrons. The Balaban J connectivity index is 2.29. The molecule has 0 bridgehead atoms. The molecule has 0 aliphatic heterocycles. The van der Waals surface area contributed by atoms with E-state index in [0.717, 1.165) is 12.0 Å². The second-order valence-corrected chi connectivity index (χ2v) is 4.07. The van der Waals surface area contributed by atoms with E-state index in [1.54, 1.807) is 0 Å². The number of rotatable bonds is 3. The van der Waals surface area contributed by atoms with Crippen molar-refractivity contribution in [2.45, 2.75) is 32.1 Å². The first kappa shape index (κ1) is 10.4. The van der Waals surface area contributed by atoms with Crippen LogP contribution in [0.5, 0.6) is 0 Å². The summed E-state index contributed by atoms with van der Waals surface area (Å²) >= 11 is 0. The van der Waals surface area contributed by atoms with Gasteiger partial charge in [0.05, 0.1) is 6.67 Å². The molecule has 0 nitrogen and oxygen atoms in total. The smallest absolute Gasteiger partial charge is 0.0934 e. The van der Waals surface area contributed by atoms with Crippen molar-refractivity contribution in [3.05, 3.63) is 41.5 Å². The van der Waals surface area contributed by atoms with Crippen LogP contribution in [0.25, 0.3) is 5.57 Å². The summed E-state index contributed by atoms with van der Waals surface area (Å²) in [4.78, 5) is 0. The molecule has 0 unspecified atom stereocenters. The van der Waals surface area contributed by atoms with Gasteiger partial charge in [0.2, 0.25) is 0 Å². The minimum absolute atomic E-state index is 0.260. The summed E-state index contributed by atoms with van der Waals surface area (Å²) in [7, 11) is 0. The van der Waals surface area contributed by atoms with Crippen LogP contribution in [-0.2, 0) is 6.42 Å². The van der Waals surface area contributed by atoms with Crippen LogP contribution in [0.15, 0.2) is 30.3 Å². The highest BCUT2D eigenvalue weighted by Crippen LogP contribution is 2.29. The van der Waals surface area contributed by atoms with Crippen molar-refractivity contribution < 1.29 is 4.39 Å². The Morgan fingerprint density at radius 3 is 2.73 bits per heavy atom. The van der Waals surface area contributed by atoms with E-state index in [1.807, 2.05) is 18.2 Å². The third-order valence-electron chi connectivity index (χ3n) is 3.02. The highest BCUT2D eigenvalue weighted by atomic mass is 19.1. The van der Waals surface area contributed by atoms with E-state index >= 15 is 0 Å². The van der Waals surface area contributed by atoms with Crippen LogP contribution >= 0.6 is 0 Å². The lowest BCUT2D eigenvalue weighted by Crippen LogP contribution is -1.98. The normalized spacial score (nSPS) is 16.2. The largest absolute Gasteiger partial charge is 0.251 e. The number of alkyl halides is 1. The topological polar surface area (TPSA) is 0 Å². The van der Waals surface area contributed by atoms with Crippen LogP contribution in [0.2, 0.25) is 0 Å². The van der Waals surface area contributed by atoms with Crippen molar-refractivity contribution in [1.29, 1.82) is 0 Å². The van der Waals surface area contributed by atoms with Gasteiger partial charge in [-0.05, 0) is 42.4 Å². The zero-order valence-corrected chi connectivity index (χ0v) is 9.01. The van der Waals surface area contributed by atoms with Crippen LogP contribution in [0.4, 0.5) is 4.39 Å². The van der Waals surface area contributed by atoms with Gasteiger partial charge in [-0.1, -0.05) is 30.3 Å². The summed E-state index contributed by atoms with van der Waals surface area (Å²) in [6, 6.07) is 8.22. The fourth-order valence-corrected chi connectivity index (χ4v) is 2.24. The van der Waals surface area contributed by atoms with E-state index in [2.05, 4.69) is 12.1 Å². The number of hydrogen-bond acceptors (Lipinski definition) is 0. The second kappa shape index (κ2) is 5.11. The van der Waals surface area contributed by atoms with Crippen molar-refractivity contribution >= 4 is 5.57 Å². The van der Waals surface area contributed by atoms with Gasteiger partial charge in [0.25, 0.3) is 0 Å². The molecular weight excluding hydrogens is 187 g/mol. The first-order valence-corrected chi connectivity index (χ1v) is 5.75. The Morgan fingerprint density at radius 2 is 2.00 bits per heavy atom. The van der Waals surface area contributed by atoms with Gasteiger partial charge in [-0.3, -0.25) is 4.39 Å². The first-order valence-electron chi connectivity index (χ1n) is 5.75. The summed E-state index contributed by atoms with van der Waals surface area (Å²) in [6.07, 6.45) is 7.78. The number of hydrogen-bond donors (Lipinski definition) is 0. The molecule has 0 fully saturated rings. The van der Waals surface area contributed by atoms with Crippen molar-refractivity contribution in [1.82, 2.24) is 0 Å². The number of allylic oxidation sites excluding steroid dienone is 2. The molecule has 80 valence electrons. The molecule has 0 spiro atoms. The monoisotopic (exact) mass is 204 g/mol. The Kier molecular flexibility index (Phi) is 3.54. The molecule has 0 heterocycles. The number of halogens is 1. The zero-order chi connectivity index (χ0) is 10.5. The van der Waals surface area contributed by atoms with Gasteiger partial charge in [0.1, 0.15) is 0 Å². The van der Waals surface area contributed by atoms with Crippen LogP contribution < -0.4 is 0 Å². The SMILES string of the molecule is FCCc1ccccc1C1=CCCCC1. The maximum atomic E-state index is 12.4. The van der Waals surface area contributed by atoms with Crippen LogP contribution in [0.1, 0.15) is 36.8 Å². The molecule has 15 heavy (non-hydrogen) atoms. The molecule has 1 aliphatic rings. The third-order valence-corrected chi connectivity index (χ3v) is 3.02. The van der Waals surface area contributed by atoms with Gasteiger partial charge in [-0.2, -0.15) is 0 Å². The van der Waals surface area contributed by atoms with Crippen molar-refractivity contribution in [2.24, 2.45) is 0 Å². The van der Waals surface area contributed by atoms with Crippen LogP contribution in [0, 0.1) is 0 Å². The second-order valence-electron chi connectivity index (χ2n) is 4.07. The van der Waals surface area contributed by atoms with Crippen molar-refractivity contribution in [3.8, 4) is 0 Å². The van der Waals surface area contributed by atoms with E-state index in [0.29, 0.717) is 6.42 Å². The van der Waals surface area contributed by atoms with Gasteiger partial charge in [0, 0.05) is 6.42 Å². The summed E-state index contributed by atoms with van der Waals surface area (Å²) in [5.41, 5.74) is 3.85. The number of aryl methyl sites for hydroxylation is 1. The molecular formula is C14H17F. The van der Waals surface area contributed by atoms with Gasteiger partial charge < -0.3 is 0 Å². The van der Waals surface area contributed by atoms with Gasteiger partial charge >= 0.3 is 0 Å². The van der Waals surface area contributed by atoms with Crippen molar-refractivity contribution in [2.75, 3.05) is 6.67 Å². The fraction of sp³-hybridized carbons (Fsp3) is 0.429. The molecule has 0 atom stereocenters. The summed E-state index contributed by atoms with van der Waals surface area (Å²) < 4.78 is 12.4. The lowest BCUT2D eigenvalue weighted by molar-refractivity contribution is 0.495. The lowest BCUT2D eigenvalue weighted by atomic mass is 9.90. The minimum atomic E-state index is -0.260. The Morgan fingerprint density at radius 1 is 1.13 bits per heavy atom. The predicted octanol–water partition coefficient (Wildman–Crippen LogP) is 4.16. The Labute approximate surface area is 90.8 Å². The molecule has 1 aromatic rings. The maximum absolute atomic E-state index is 12.4. The summed E-state index contributed by atoms with van der Waals surface area (Å²) in [6.45, 7) is -0.260.